The number of hydrogen-bond donors (Lipinski definition) is 2. The van der Waals surface area contributed by atoms with Gasteiger partial charge in [-0.2, -0.15) is 0 Å². The molecule has 1 fully saturated rings. The van der Waals surface area contributed by atoms with E-state index in [2.05, 4.69) is 5.32 Å². The molecule has 0 bridgehead atoms. The van der Waals surface area contributed by atoms with Crippen molar-refractivity contribution in [2.24, 2.45) is 0 Å². The number of carbonyl (C=O) groups is 1. The zero-order valence-electron chi connectivity index (χ0n) is 5.55. The largest absolute Gasteiger partial charge is 1.00 e. The summed E-state index contributed by atoms with van der Waals surface area (Å²) < 4.78 is 0. The molecule has 0 spiro atoms. The summed E-state index contributed by atoms with van der Waals surface area (Å²) in [4.78, 5) is 10.1. The van der Waals surface area contributed by atoms with E-state index in [0.717, 1.165) is 19.4 Å². The third-order valence-electron chi connectivity index (χ3n) is 1.36. The van der Waals surface area contributed by atoms with Crippen LogP contribution in [0, 0.1) is 0 Å². The van der Waals surface area contributed by atoms with Crippen LogP contribution >= 0.6 is 0 Å². The Kier molecular flexibility index (Phi) is 5.39. The van der Waals surface area contributed by atoms with Crippen LogP contribution in [0.1, 0.15) is 12.8 Å². The maximum atomic E-state index is 10.1. The van der Waals surface area contributed by atoms with Crippen molar-refractivity contribution < 1.29 is 61.3 Å². The van der Waals surface area contributed by atoms with Crippen LogP contribution in [0.2, 0.25) is 0 Å². The predicted molar refractivity (Wildman–Crippen MR) is 28.7 cm³/mol. The third-order valence-corrected chi connectivity index (χ3v) is 1.36. The standard InChI is InChI=1S/C5H9NO2.K/c7-5(8)4-2-1-3-6-4;/h4,6H,1-3H2,(H,7,8);/q;+1/t4-;/m1./s1. The second kappa shape index (κ2) is 4.82. The summed E-state index contributed by atoms with van der Waals surface area (Å²) in [6.45, 7) is 0.858. The predicted octanol–water partition coefficient (Wildman–Crippen LogP) is -3.17. The summed E-state index contributed by atoms with van der Waals surface area (Å²) in [6.07, 6.45) is 1.78. The smallest absolute Gasteiger partial charge is 0.480 e. The first-order valence-corrected chi connectivity index (χ1v) is 2.77. The van der Waals surface area contributed by atoms with Crippen molar-refractivity contribution in [2.45, 2.75) is 18.9 Å². The molecule has 4 heteroatoms. The molecule has 0 aromatic heterocycles. The number of carboxylic acids is 1. The maximum absolute atomic E-state index is 10.1. The zero-order valence-corrected chi connectivity index (χ0v) is 8.68. The Morgan fingerprint density at radius 2 is 2.33 bits per heavy atom. The fourth-order valence-electron chi connectivity index (χ4n) is 0.895. The quantitative estimate of drug-likeness (QED) is 0.392. The Hall–Kier alpha value is 1.07. The summed E-state index contributed by atoms with van der Waals surface area (Å²) >= 11 is 0. The van der Waals surface area contributed by atoms with E-state index in [4.69, 9.17) is 5.11 Å². The molecule has 1 aliphatic rings. The van der Waals surface area contributed by atoms with Gasteiger partial charge in [-0.3, -0.25) is 4.79 Å². The molecular weight excluding hydrogens is 145 g/mol. The molecule has 9 heavy (non-hydrogen) atoms. The van der Waals surface area contributed by atoms with E-state index in [0.29, 0.717) is 0 Å². The van der Waals surface area contributed by atoms with E-state index in [1.165, 1.54) is 0 Å². The topological polar surface area (TPSA) is 49.3 Å². The number of hydrogen-bond acceptors (Lipinski definition) is 2. The molecule has 1 saturated heterocycles. The van der Waals surface area contributed by atoms with E-state index in [-0.39, 0.29) is 57.4 Å². The number of rotatable bonds is 1. The molecule has 1 atom stereocenters. The maximum Gasteiger partial charge on any atom is 1.00 e. The van der Waals surface area contributed by atoms with Gasteiger partial charge >= 0.3 is 57.4 Å². The average molecular weight is 154 g/mol. The van der Waals surface area contributed by atoms with Gasteiger partial charge in [-0.25, -0.2) is 0 Å². The van der Waals surface area contributed by atoms with E-state index >= 15 is 0 Å². The number of carboxylic acid groups (broad SMARTS) is 1. The van der Waals surface area contributed by atoms with Gasteiger partial charge in [-0.05, 0) is 19.4 Å². The molecule has 2 N–H and O–H groups in total. The fourth-order valence-corrected chi connectivity index (χ4v) is 0.895. The Bertz CT molecular complexity index is 101. The molecule has 0 saturated carbocycles. The van der Waals surface area contributed by atoms with Gasteiger partial charge in [0.25, 0.3) is 0 Å². The molecule has 0 unspecified atom stereocenters. The molecule has 3 nitrogen and oxygen atoms in total. The van der Waals surface area contributed by atoms with Crippen LogP contribution in [0.5, 0.6) is 0 Å². The van der Waals surface area contributed by atoms with Crippen LogP contribution in [-0.4, -0.2) is 23.7 Å². The van der Waals surface area contributed by atoms with Crippen LogP contribution < -0.4 is 56.7 Å². The van der Waals surface area contributed by atoms with Crippen molar-refractivity contribution in [2.75, 3.05) is 6.54 Å². The Morgan fingerprint density at radius 1 is 1.67 bits per heavy atom. The fraction of sp³-hybridized carbons (Fsp3) is 0.800. The minimum Gasteiger partial charge on any atom is -0.480 e. The van der Waals surface area contributed by atoms with E-state index in [9.17, 15) is 4.79 Å². The average Bonchev–Trinajstić information content (AvgIpc) is 2.12. The van der Waals surface area contributed by atoms with Crippen LogP contribution in [0.25, 0.3) is 0 Å². The normalized spacial score (nSPS) is 25.1. The van der Waals surface area contributed by atoms with E-state index < -0.39 is 5.97 Å². The van der Waals surface area contributed by atoms with Crippen molar-refractivity contribution in [3.05, 3.63) is 0 Å². The number of nitrogens with one attached hydrogen (secondary N) is 1. The van der Waals surface area contributed by atoms with Crippen molar-refractivity contribution in [1.29, 1.82) is 0 Å². The van der Waals surface area contributed by atoms with E-state index in [1.54, 1.807) is 0 Å². The summed E-state index contributed by atoms with van der Waals surface area (Å²) in [6, 6.07) is -0.269. The minimum atomic E-state index is -0.720. The van der Waals surface area contributed by atoms with Crippen LogP contribution in [0.3, 0.4) is 0 Å². The molecule has 0 aromatic rings. The summed E-state index contributed by atoms with van der Waals surface area (Å²) in [5.41, 5.74) is 0. The first-order chi connectivity index (χ1) is 3.80. The molecule has 1 aliphatic heterocycles. The molecule has 0 radical (unpaired) electrons. The van der Waals surface area contributed by atoms with Crippen LogP contribution in [0.15, 0.2) is 0 Å². The first kappa shape index (κ1) is 10.1. The summed E-state index contributed by atoms with van der Waals surface area (Å²) in [5.74, 6) is -0.720. The first-order valence-electron chi connectivity index (χ1n) is 2.77. The van der Waals surface area contributed by atoms with Gasteiger partial charge in [-0.1, -0.05) is 0 Å². The molecule has 0 aromatic carbocycles. The molecule has 46 valence electrons. The number of aliphatic carboxylic acids is 1. The van der Waals surface area contributed by atoms with Gasteiger partial charge < -0.3 is 10.4 Å². The molecule has 0 aliphatic carbocycles. The molecule has 1 rings (SSSR count). The summed E-state index contributed by atoms with van der Waals surface area (Å²) in [5, 5.41) is 11.2. The minimum absolute atomic E-state index is 0. The SMILES string of the molecule is O=C(O)[C@H]1CCCN1.[K+]. The van der Waals surface area contributed by atoms with Crippen LogP contribution in [-0.2, 0) is 4.79 Å². The van der Waals surface area contributed by atoms with Crippen LogP contribution in [0.4, 0.5) is 0 Å². The van der Waals surface area contributed by atoms with Gasteiger partial charge in [-0.15, -0.1) is 0 Å². The van der Waals surface area contributed by atoms with Gasteiger partial charge in [0, 0.05) is 0 Å². The van der Waals surface area contributed by atoms with Crippen molar-refractivity contribution in [3.8, 4) is 0 Å². The van der Waals surface area contributed by atoms with Crippen molar-refractivity contribution in [1.82, 2.24) is 5.32 Å². The Balaban J connectivity index is 0.000000640. The third kappa shape index (κ3) is 3.11. The second-order valence-electron chi connectivity index (χ2n) is 1.99. The van der Waals surface area contributed by atoms with Crippen molar-refractivity contribution in [3.63, 3.8) is 0 Å². The van der Waals surface area contributed by atoms with Gasteiger partial charge in [0.05, 0.1) is 0 Å². The molecule has 1 heterocycles. The van der Waals surface area contributed by atoms with Gasteiger partial charge in [0.15, 0.2) is 0 Å². The summed E-state index contributed by atoms with van der Waals surface area (Å²) in [7, 11) is 0. The van der Waals surface area contributed by atoms with Crippen molar-refractivity contribution >= 4 is 5.97 Å². The molecular formula is C5H9KNO2+. The Labute approximate surface area is 96.6 Å². The second-order valence-corrected chi connectivity index (χ2v) is 1.99. The van der Waals surface area contributed by atoms with Gasteiger partial charge in [0.2, 0.25) is 0 Å². The Morgan fingerprint density at radius 3 is 2.56 bits per heavy atom. The van der Waals surface area contributed by atoms with E-state index in [1.807, 2.05) is 0 Å². The zero-order chi connectivity index (χ0) is 5.98. The van der Waals surface area contributed by atoms with Gasteiger partial charge in [0.1, 0.15) is 6.04 Å². The molecule has 0 amide bonds. The monoisotopic (exact) mass is 154 g/mol.